The number of carboxylic acid groups (broad SMARTS) is 1. The Morgan fingerprint density at radius 2 is 1.87 bits per heavy atom. The Morgan fingerprint density at radius 1 is 1.13 bits per heavy atom. The van der Waals surface area contributed by atoms with Gasteiger partial charge in [0.15, 0.2) is 0 Å². The molecule has 0 spiro atoms. The number of piperidine rings is 1. The first kappa shape index (κ1) is 21.7. The summed E-state index contributed by atoms with van der Waals surface area (Å²) in [5.74, 6) is -0.863. The number of amides is 1. The number of carbonyl (C=O) groups is 2. The van der Waals surface area contributed by atoms with E-state index in [9.17, 15) is 14.7 Å². The van der Waals surface area contributed by atoms with Crippen LogP contribution in [0.25, 0.3) is 0 Å². The summed E-state index contributed by atoms with van der Waals surface area (Å²) in [5, 5.41) is 12.4. The Hall–Kier alpha value is -3.02. The first-order valence-corrected chi connectivity index (χ1v) is 10.6. The first-order valence-electron chi connectivity index (χ1n) is 10.6. The average molecular weight is 411 g/mol. The van der Waals surface area contributed by atoms with Gasteiger partial charge in [-0.2, -0.15) is 0 Å². The van der Waals surface area contributed by atoms with Gasteiger partial charge >= 0.3 is 5.97 Å². The fraction of sp³-hybridized carbons (Fsp3) is 0.417. The summed E-state index contributed by atoms with van der Waals surface area (Å²) in [5.41, 5.74) is 3.13. The Kier molecular flexibility index (Phi) is 7.33. The highest BCUT2D eigenvalue weighted by Crippen LogP contribution is 2.29. The van der Waals surface area contributed by atoms with Crippen molar-refractivity contribution in [3.63, 3.8) is 0 Å². The minimum absolute atomic E-state index is 0.102. The molecule has 2 aromatic rings. The van der Waals surface area contributed by atoms with Crippen LogP contribution in [0.3, 0.4) is 0 Å². The highest BCUT2D eigenvalue weighted by molar-refractivity contribution is 5.91. The molecule has 1 fully saturated rings. The van der Waals surface area contributed by atoms with Gasteiger partial charge in [-0.3, -0.25) is 4.79 Å². The lowest BCUT2D eigenvalue weighted by Gasteiger charge is -2.32. The van der Waals surface area contributed by atoms with Crippen LogP contribution < -0.4 is 15.0 Å². The maximum absolute atomic E-state index is 12.7. The van der Waals surface area contributed by atoms with Gasteiger partial charge in [-0.15, -0.1) is 0 Å². The topological polar surface area (TPSA) is 78.9 Å². The van der Waals surface area contributed by atoms with E-state index < -0.39 is 5.97 Å². The zero-order chi connectivity index (χ0) is 21.5. The predicted octanol–water partition coefficient (Wildman–Crippen LogP) is 4.19. The highest BCUT2D eigenvalue weighted by atomic mass is 16.5. The van der Waals surface area contributed by atoms with E-state index in [1.54, 1.807) is 19.1 Å². The third-order valence-corrected chi connectivity index (χ3v) is 5.42. The molecule has 1 aliphatic rings. The molecule has 1 amide bonds. The number of anilines is 1. The van der Waals surface area contributed by atoms with Crippen molar-refractivity contribution >= 4 is 17.6 Å². The zero-order valence-electron chi connectivity index (χ0n) is 17.7. The van der Waals surface area contributed by atoms with E-state index >= 15 is 0 Å². The lowest BCUT2D eigenvalue weighted by Crippen LogP contribution is -2.33. The molecule has 2 aromatic carbocycles. The third kappa shape index (κ3) is 5.32. The number of nitrogens with zero attached hydrogens (tertiary/aromatic N) is 1. The van der Waals surface area contributed by atoms with Crippen LogP contribution in [0.4, 0.5) is 5.69 Å². The van der Waals surface area contributed by atoms with Crippen molar-refractivity contribution in [2.75, 3.05) is 24.6 Å². The second kappa shape index (κ2) is 10.1. The van der Waals surface area contributed by atoms with Gasteiger partial charge in [0.25, 0.3) is 0 Å². The van der Waals surface area contributed by atoms with E-state index in [1.165, 1.54) is 31.0 Å². The van der Waals surface area contributed by atoms with Gasteiger partial charge in [0.05, 0.1) is 19.1 Å². The van der Waals surface area contributed by atoms with Crippen LogP contribution >= 0.6 is 0 Å². The lowest BCUT2D eigenvalue weighted by molar-refractivity contribution is -0.121. The monoisotopic (exact) mass is 410 g/mol. The van der Waals surface area contributed by atoms with Crippen molar-refractivity contribution in [3.05, 3.63) is 59.2 Å². The number of rotatable bonds is 8. The van der Waals surface area contributed by atoms with Crippen molar-refractivity contribution in [1.82, 2.24) is 5.32 Å². The van der Waals surface area contributed by atoms with Crippen LogP contribution in [0.1, 0.15) is 60.6 Å². The van der Waals surface area contributed by atoms with Gasteiger partial charge in [0, 0.05) is 18.8 Å². The van der Waals surface area contributed by atoms with Gasteiger partial charge in [-0.1, -0.05) is 24.3 Å². The van der Waals surface area contributed by atoms with Crippen LogP contribution in [0, 0.1) is 0 Å². The van der Waals surface area contributed by atoms with Gasteiger partial charge in [0.2, 0.25) is 5.91 Å². The maximum atomic E-state index is 12.7. The number of para-hydroxylation sites is 1. The molecule has 0 aromatic heterocycles. The van der Waals surface area contributed by atoms with Crippen LogP contribution in [-0.2, 0) is 11.2 Å². The van der Waals surface area contributed by atoms with E-state index in [0.29, 0.717) is 12.4 Å². The average Bonchev–Trinajstić information content (AvgIpc) is 2.74. The molecule has 1 saturated heterocycles. The van der Waals surface area contributed by atoms with Gasteiger partial charge in [0.1, 0.15) is 11.3 Å². The van der Waals surface area contributed by atoms with Gasteiger partial charge in [-0.25, -0.2) is 4.79 Å². The number of benzene rings is 2. The normalized spacial score (nSPS) is 14.8. The summed E-state index contributed by atoms with van der Waals surface area (Å²) in [4.78, 5) is 26.4. The minimum atomic E-state index is -1.04. The number of carboxylic acids is 1. The number of hydrogen-bond acceptors (Lipinski definition) is 4. The van der Waals surface area contributed by atoms with E-state index in [4.69, 9.17) is 4.74 Å². The molecule has 160 valence electrons. The van der Waals surface area contributed by atoms with E-state index in [2.05, 4.69) is 22.3 Å². The Balaban J connectivity index is 1.69. The molecule has 1 aliphatic heterocycles. The Morgan fingerprint density at radius 3 is 2.57 bits per heavy atom. The lowest BCUT2D eigenvalue weighted by atomic mass is 10.0. The maximum Gasteiger partial charge on any atom is 0.339 e. The fourth-order valence-corrected chi connectivity index (χ4v) is 3.96. The summed E-state index contributed by atoms with van der Waals surface area (Å²) in [6, 6.07) is 12.9. The summed E-state index contributed by atoms with van der Waals surface area (Å²) < 4.78 is 5.44. The molecular weight excluding hydrogens is 380 g/mol. The molecule has 1 atom stereocenters. The van der Waals surface area contributed by atoms with E-state index in [0.717, 1.165) is 24.2 Å². The first-order chi connectivity index (χ1) is 14.5. The quantitative estimate of drug-likeness (QED) is 0.682. The number of aromatic carboxylic acids is 1. The van der Waals surface area contributed by atoms with Crippen molar-refractivity contribution < 1.29 is 19.4 Å². The van der Waals surface area contributed by atoms with E-state index in [-0.39, 0.29) is 23.9 Å². The Bertz CT molecular complexity index is 891. The molecule has 2 N–H and O–H groups in total. The number of ether oxygens (including phenoxy) is 1. The van der Waals surface area contributed by atoms with Crippen LogP contribution in [-0.4, -0.2) is 36.7 Å². The summed E-state index contributed by atoms with van der Waals surface area (Å²) in [6.45, 7) is 6.26. The SMILES string of the molecule is CCOc1cc(CC(=O)N[C@@H](C)c2ccccc2N2CCCCC2)ccc1C(=O)O. The molecule has 0 radical (unpaired) electrons. The smallest absolute Gasteiger partial charge is 0.339 e. The fourth-order valence-electron chi connectivity index (χ4n) is 3.96. The van der Waals surface area contributed by atoms with Crippen LogP contribution in [0.2, 0.25) is 0 Å². The van der Waals surface area contributed by atoms with Crippen molar-refractivity contribution in [2.45, 2.75) is 45.6 Å². The second-order valence-electron chi connectivity index (χ2n) is 7.64. The predicted molar refractivity (Wildman–Crippen MR) is 117 cm³/mol. The number of hydrogen-bond donors (Lipinski definition) is 2. The molecule has 6 nitrogen and oxygen atoms in total. The molecule has 6 heteroatoms. The number of nitrogens with one attached hydrogen (secondary N) is 1. The van der Waals surface area contributed by atoms with Gasteiger partial charge < -0.3 is 20.1 Å². The summed E-state index contributed by atoms with van der Waals surface area (Å²) >= 11 is 0. The van der Waals surface area contributed by atoms with Crippen molar-refractivity contribution in [2.24, 2.45) is 0 Å². The van der Waals surface area contributed by atoms with E-state index in [1.807, 2.05) is 19.1 Å². The van der Waals surface area contributed by atoms with Crippen molar-refractivity contribution in [1.29, 1.82) is 0 Å². The van der Waals surface area contributed by atoms with Crippen molar-refractivity contribution in [3.8, 4) is 5.75 Å². The summed E-state index contributed by atoms with van der Waals surface area (Å²) in [6.07, 6.45) is 3.83. The number of carbonyl (C=O) groups excluding carboxylic acids is 1. The molecule has 0 aliphatic carbocycles. The largest absolute Gasteiger partial charge is 0.493 e. The standard InChI is InChI=1S/C24H30N2O4/c1-3-30-22-15-18(11-12-20(22)24(28)29)16-23(27)25-17(2)19-9-5-6-10-21(19)26-13-7-4-8-14-26/h5-6,9-12,15,17H,3-4,7-8,13-14,16H2,1-2H3,(H,25,27)(H,28,29)/t17-/m0/s1. The zero-order valence-corrected chi connectivity index (χ0v) is 17.7. The molecular formula is C24H30N2O4. The van der Waals surface area contributed by atoms with Crippen LogP contribution in [0.5, 0.6) is 5.75 Å². The second-order valence-corrected chi connectivity index (χ2v) is 7.64. The Labute approximate surface area is 177 Å². The third-order valence-electron chi connectivity index (χ3n) is 5.42. The molecule has 1 heterocycles. The molecule has 3 rings (SSSR count). The summed E-state index contributed by atoms with van der Waals surface area (Å²) in [7, 11) is 0. The minimum Gasteiger partial charge on any atom is -0.493 e. The molecule has 0 saturated carbocycles. The highest BCUT2D eigenvalue weighted by Gasteiger charge is 2.19. The van der Waals surface area contributed by atoms with Gasteiger partial charge in [-0.05, 0) is 62.4 Å². The molecule has 30 heavy (non-hydrogen) atoms. The molecule has 0 bridgehead atoms. The molecule has 0 unspecified atom stereocenters. The van der Waals surface area contributed by atoms with Crippen LogP contribution in [0.15, 0.2) is 42.5 Å².